The summed E-state index contributed by atoms with van der Waals surface area (Å²) in [5, 5.41) is 3.63. The summed E-state index contributed by atoms with van der Waals surface area (Å²) in [5.41, 5.74) is 2.36. The van der Waals surface area contributed by atoms with Crippen LogP contribution in [0, 0.1) is 5.92 Å². The van der Waals surface area contributed by atoms with Crippen molar-refractivity contribution in [2.45, 2.75) is 63.7 Å². The number of carbonyl (C=O) groups excluding carboxylic acids is 1. The fourth-order valence-electron chi connectivity index (χ4n) is 3.65. The molecule has 0 radical (unpaired) electrons. The number of benzene rings is 1. The van der Waals surface area contributed by atoms with E-state index >= 15 is 0 Å². The van der Waals surface area contributed by atoms with Crippen LogP contribution in [0.1, 0.15) is 56.8 Å². The number of rotatable bonds is 4. The van der Waals surface area contributed by atoms with E-state index in [1.54, 1.807) is 0 Å². The van der Waals surface area contributed by atoms with Gasteiger partial charge in [0.05, 0.1) is 0 Å². The maximum atomic E-state index is 12.8. The zero-order valence-electron chi connectivity index (χ0n) is 12.9. The molecule has 2 unspecified atom stereocenters. The Bertz CT molecular complexity index is 557. The van der Waals surface area contributed by atoms with E-state index < -0.39 is 0 Å². The van der Waals surface area contributed by atoms with E-state index in [1.807, 2.05) is 0 Å². The highest BCUT2D eigenvalue weighted by atomic mass is 16.2. The Labute approximate surface area is 126 Å². The molecule has 1 amide bonds. The number of carbonyl (C=O) groups is 1. The zero-order valence-corrected chi connectivity index (χ0v) is 12.9. The lowest BCUT2D eigenvalue weighted by molar-refractivity contribution is -0.133. The maximum Gasteiger partial charge on any atom is 0.244 e. The van der Waals surface area contributed by atoms with Crippen molar-refractivity contribution in [1.29, 1.82) is 0 Å². The van der Waals surface area contributed by atoms with Crippen LogP contribution >= 0.6 is 0 Å². The van der Waals surface area contributed by atoms with Crippen molar-refractivity contribution >= 4 is 5.91 Å². The molecular weight excluding hydrogens is 260 g/mol. The monoisotopic (exact) mass is 284 g/mol. The molecule has 2 aliphatic carbocycles. The van der Waals surface area contributed by atoms with Crippen molar-refractivity contribution in [3.63, 3.8) is 0 Å². The summed E-state index contributed by atoms with van der Waals surface area (Å²) in [6.45, 7) is 4.40. The molecule has 2 atom stereocenters. The van der Waals surface area contributed by atoms with Gasteiger partial charge in [-0.2, -0.15) is 0 Å². The number of hydrogen-bond acceptors (Lipinski definition) is 2. The first kappa shape index (κ1) is 13.3. The maximum absolute atomic E-state index is 12.8. The van der Waals surface area contributed by atoms with E-state index in [-0.39, 0.29) is 11.7 Å². The second-order valence-electron chi connectivity index (χ2n) is 7.01. The standard InChI is InChI=1S/C18H24N2O/c1-3-13-4-6-15(7-5-13)16-19-18(10-11-18)17(21)20(16)12(2)14-8-9-14/h4-7,12,14,16,19H,3,8-11H2,1-2H3. The van der Waals surface area contributed by atoms with Gasteiger partial charge in [0.25, 0.3) is 0 Å². The Morgan fingerprint density at radius 1 is 1.29 bits per heavy atom. The van der Waals surface area contributed by atoms with Crippen LogP contribution in [0.15, 0.2) is 24.3 Å². The van der Waals surface area contributed by atoms with E-state index in [0.29, 0.717) is 17.9 Å². The molecule has 4 rings (SSSR count). The van der Waals surface area contributed by atoms with Gasteiger partial charge in [0, 0.05) is 6.04 Å². The van der Waals surface area contributed by atoms with Crippen molar-refractivity contribution < 1.29 is 4.79 Å². The molecule has 21 heavy (non-hydrogen) atoms. The molecule has 0 bridgehead atoms. The van der Waals surface area contributed by atoms with Gasteiger partial charge >= 0.3 is 0 Å². The largest absolute Gasteiger partial charge is 0.318 e. The highest BCUT2D eigenvalue weighted by Crippen LogP contribution is 2.49. The minimum atomic E-state index is -0.225. The molecule has 3 aliphatic rings. The molecule has 3 nitrogen and oxygen atoms in total. The van der Waals surface area contributed by atoms with E-state index in [2.05, 4.69) is 48.3 Å². The second kappa shape index (κ2) is 4.57. The quantitative estimate of drug-likeness (QED) is 0.922. The van der Waals surface area contributed by atoms with Crippen LogP contribution in [-0.2, 0) is 11.2 Å². The van der Waals surface area contributed by atoms with Crippen LogP contribution in [-0.4, -0.2) is 22.4 Å². The fraction of sp³-hybridized carbons (Fsp3) is 0.611. The van der Waals surface area contributed by atoms with Gasteiger partial charge in [0.15, 0.2) is 0 Å². The van der Waals surface area contributed by atoms with E-state index in [4.69, 9.17) is 0 Å². The van der Waals surface area contributed by atoms with E-state index in [9.17, 15) is 4.79 Å². The first-order valence-corrected chi connectivity index (χ1v) is 8.34. The lowest BCUT2D eigenvalue weighted by Gasteiger charge is -2.31. The van der Waals surface area contributed by atoms with Gasteiger partial charge in [-0.3, -0.25) is 10.1 Å². The van der Waals surface area contributed by atoms with Gasteiger partial charge in [-0.15, -0.1) is 0 Å². The number of nitrogens with zero attached hydrogens (tertiary/aromatic N) is 1. The molecule has 1 aromatic carbocycles. The number of aryl methyl sites for hydroxylation is 1. The molecule has 3 heteroatoms. The Balaban J connectivity index is 1.65. The van der Waals surface area contributed by atoms with Crippen LogP contribution in [0.4, 0.5) is 0 Å². The predicted octanol–water partition coefficient (Wildman–Crippen LogP) is 3.01. The molecule has 1 aliphatic heterocycles. The van der Waals surface area contributed by atoms with Crippen molar-refractivity contribution in [2.24, 2.45) is 5.92 Å². The van der Waals surface area contributed by atoms with E-state index in [1.165, 1.54) is 24.0 Å². The van der Waals surface area contributed by atoms with Crippen molar-refractivity contribution in [1.82, 2.24) is 10.2 Å². The third-order valence-corrected chi connectivity index (χ3v) is 5.53. The minimum Gasteiger partial charge on any atom is -0.318 e. The molecule has 1 spiro atoms. The van der Waals surface area contributed by atoms with Crippen LogP contribution in [0.5, 0.6) is 0 Å². The Morgan fingerprint density at radius 3 is 2.48 bits per heavy atom. The number of hydrogen-bond donors (Lipinski definition) is 1. The van der Waals surface area contributed by atoms with Crippen LogP contribution in [0.3, 0.4) is 0 Å². The SMILES string of the molecule is CCc1ccc(C2NC3(CC3)C(=O)N2C(C)C2CC2)cc1. The minimum absolute atomic E-state index is 0.0708. The fourth-order valence-corrected chi connectivity index (χ4v) is 3.65. The molecule has 112 valence electrons. The third-order valence-electron chi connectivity index (χ3n) is 5.53. The highest BCUT2D eigenvalue weighted by Gasteiger charge is 2.61. The summed E-state index contributed by atoms with van der Waals surface area (Å²) in [5.74, 6) is 1.05. The molecule has 1 saturated heterocycles. The molecule has 2 saturated carbocycles. The molecule has 0 aromatic heterocycles. The first-order valence-electron chi connectivity index (χ1n) is 8.34. The second-order valence-corrected chi connectivity index (χ2v) is 7.01. The molecular formula is C18H24N2O. The smallest absolute Gasteiger partial charge is 0.244 e. The average Bonchev–Trinajstić information content (AvgIpc) is 3.39. The summed E-state index contributed by atoms with van der Waals surface area (Å²) >= 11 is 0. The van der Waals surface area contributed by atoms with Gasteiger partial charge in [0.2, 0.25) is 5.91 Å². The number of amides is 1. The van der Waals surface area contributed by atoms with Crippen molar-refractivity contribution in [3.05, 3.63) is 35.4 Å². The Hall–Kier alpha value is -1.35. The summed E-state index contributed by atoms with van der Waals surface area (Å²) in [6, 6.07) is 9.13. The third kappa shape index (κ3) is 2.10. The molecule has 1 aromatic rings. The lowest BCUT2D eigenvalue weighted by atomic mass is 10.1. The van der Waals surface area contributed by atoms with E-state index in [0.717, 1.165) is 19.3 Å². The average molecular weight is 284 g/mol. The number of nitrogens with one attached hydrogen (secondary N) is 1. The summed E-state index contributed by atoms with van der Waals surface area (Å²) in [4.78, 5) is 15.0. The van der Waals surface area contributed by atoms with Crippen LogP contribution in [0.25, 0.3) is 0 Å². The van der Waals surface area contributed by atoms with Gasteiger partial charge in [0.1, 0.15) is 11.7 Å². The predicted molar refractivity (Wildman–Crippen MR) is 82.7 cm³/mol. The van der Waals surface area contributed by atoms with Crippen LogP contribution in [0.2, 0.25) is 0 Å². The van der Waals surface area contributed by atoms with Crippen molar-refractivity contribution in [3.8, 4) is 0 Å². The van der Waals surface area contributed by atoms with Gasteiger partial charge in [-0.25, -0.2) is 0 Å². The Kier molecular flexibility index (Phi) is 2.90. The van der Waals surface area contributed by atoms with Gasteiger partial charge in [-0.1, -0.05) is 31.2 Å². The Morgan fingerprint density at radius 2 is 1.95 bits per heavy atom. The highest BCUT2D eigenvalue weighted by molar-refractivity contribution is 5.92. The van der Waals surface area contributed by atoms with Gasteiger partial charge in [-0.05, 0) is 56.1 Å². The lowest BCUT2D eigenvalue weighted by Crippen LogP contribution is -2.40. The van der Waals surface area contributed by atoms with Gasteiger partial charge < -0.3 is 4.90 Å². The van der Waals surface area contributed by atoms with Crippen LogP contribution < -0.4 is 5.32 Å². The normalized spacial score (nSPS) is 28.2. The molecule has 1 N–H and O–H groups in total. The molecule has 3 fully saturated rings. The summed E-state index contributed by atoms with van der Waals surface area (Å²) < 4.78 is 0. The topological polar surface area (TPSA) is 32.3 Å². The summed E-state index contributed by atoms with van der Waals surface area (Å²) in [7, 11) is 0. The molecule has 1 heterocycles. The summed E-state index contributed by atoms with van der Waals surface area (Å²) in [6.07, 6.45) is 5.69. The van der Waals surface area contributed by atoms with Crippen molar-refractivity contribution in [2.75, 3.05) is 0 Å². The zero-order chi connectivity index (χ0) is 14.6. The first-order chi connectivity index (χ1) is 10.1.